The van der Waals surface area contributed by atoms with Gasteiger partial charge in [-0.05, 0) is 68.9 Å². The fourth-order valence-corrected chi connectivity index (χ4v) is 3.66. The van der Waals surface area contributed by atoms with Gasteiger partial charge >= 0.3 is 0 Å². The molecule has 2 aliphatic rings. The quantitative estimate of drug-likeness (QED) is 0.878. The van der Waals surface area contributed by atoms with Gasteiger partial charge in [-0.15, -0.1) is 0 Å². The van der Waals surface area contributed by atoms with Crippen LogP contribution in [0.2, 0.25) is 0 Å². The van der Waals surface area contributed by atoms with Gasteiger partial charge in [0.05, 0.1) is 11.9 Å². The van der Waals surface area contributed by atoms with Crippen LogP contribution in [0.25, 0.3) is 5.69 Å². The van der Waals surface area contributed by atoms with Crippen LogP contribution < -0.4 is 10.6 Å². The number of hydrogen-bond donors (Lipinski definition) is 1. The van der Waals surface area contributed by atoms with Gasteiger partial charge in [0.1, 0.15) is 0 Å². The number of aryl methyl sites for hydroxylation is 1. The number of piperidine rings is 1. The predicted octanol–water partition coefficient (Wildman–Crippen LogP) is 4.45. The van der Waals surface area contributed by atoms with Gasteiger partial charge in [-0.1, -0.05) is 19.3 Å². The smallest absolute Gasteiger partial charge is 0.0647 e. The van der Waals surface area contributed by atoms with Crippen LogP contribution in [0.3, 0.4) is 0 Å². The standard InChI is InChI=1S/C15H19N3.C6H13N/c1-13-11-16-18(12-13)15-7-5-14(6-8-15)17-9-3-2-4-10-17;7-6-4-2-1-3-5-6/h5-8,11-12H,2-4,9-10H2,1H3;6H,1-5,7H2. The molecule has 2 heterocycles. The van der Waals surface area contributed by atoms with Crippen LogP contribution in [0.4, 0.5) is 5.69 Å². The van der Waals surface area contributed by atoms with Crippen LogP contribution in [0.5, 0.6) is 0 Å². The van der Waals surface area contributed by atoms with Gasteiger partial charge in [-0.3, -0.25) is 0 Å². The number of nitrogens with two attached hydrogens (primary N) is 1. The lowest BCUT2D eigenvalue weighted by atomic mass is 9.97. The average molecular weight is 341 g/mol. The van der Waals surface area contributed by atoms with Crippen LogP contribution in [-0.4, -0.2) is 28.9 Å². The molecule has 0 unspecified atom stereocenters. The summed E-state index contributed by atoms with van der Waals surface area (Å²) in [4.78, 5) is 2.47. The number of hydrogen-bond acceptors (Lipinski definition) is 3. The molecule has 2 fully saturated rings. The molecule has 2 N–H and O–H groups in total. The number of benzene rings is 1. The second-order valence-corrected chi connectivity index (χ2v) is 7.42. The summed E-state index contributed by atoms with van der Waals surface area (Å²) in [6, 6.07) is 9.25. The Morgan fingerprint density at radius 1 is 0.880 bits per heavy atom. The highest BCUT2D eigenvalue weighted by atomic mass is 15.3. The van der Waals surface area contributed by atoms with E-state index in [9.17, 15) is 0 Å². The summed E-state index contributed by atoms with van der Waals surface area (Å²) in [7, 11) is 0. The van der Waals surface area contributed by atoms with Crippen molar-refractivity contribution in [3.63, 3.8) is 0 Å². The molecule has 1 aliphatic heterocycles. The molecule has 0 bridgehead atoms. The highest BCUT2D eigenvalue weighted by Crippen LogP contribution is 2.21. The van der Waals surface area contributed by atoms with E-state index in [1.165, 1.54) is 75.7 Å². The molecule has 0 spiro atoms. The van der Waals surface area contributed by atoms with E-state index < -0.39 is 0 Å². The second-order valence-electron chi connectivity index (χ2n) is 7.42. The zero-order valence-corrected chi connectivity index (χ0v) is 15.5. The minimum Gasteiger partial charge on any atom is -0.372 e. The van der Waals surface area contributed by atoms with E-state index in [1.54, 1.807) is 0 Å². The van der Waals surface area contributed by atoms with Gasteiger partial charge in [-0.2, -0.15) is 5.10 Å². The van der Waals surface area contributed by atoms with E-state index in [-0.39, 0.29) is 0 Å². The molecule has 0 radical (unpaired) electrons. The maximum Gasteiger partial charge on any atom is 0.0647 e. The van der Waals surface area contributed by atoms with Gasteiger partial charge in [0.25, 0.3) is 0 Å². The van der Waals surface area contributed by atoms with E-state index in [4.69, 9.17) is 5.73 Å². The first kappa shape index (κ1) is 18.0. The lowest BCUT2D eigenvalue weighted by Gasteiger charge is -2.28. The summed E-state index contributed by atoms with van der Waals surface area (Å²) in [5, 5.41) is 4.33. The Bertz CT molecular complexity index is 620. The average Bonchev–Trinajstić information content (AvgIpc) is 3.10. The van der Waals surface area contributed by atoms with E-state index >= 15 is 0 Å². The van der Waals surface area contributed by atoms with Crippen molar-refractivity contribution in [2.75, 3.05) is 18.0 Å². The summed E-state index contributed by atoms with van der Waals surface area (Å²) >= 11 is 0. The lowest BCUT2D eigenvalue weighted by molar-refractivity contribution is 0.441. The summed E-state index contributed by atoms with van der Waals surface area (Å²) in [6.07, 6.45) is 14.6. The Kier molecular flexibility index (Phi) is 6.51. The van der Waals surface area contributed by atoms with Gasteiger partial charge in [0, 0.05) is 31.0 Å². The number of rotatable bonds is 2. The molecule has 0 atom stereocenters. The topological polar surface area (TPSA) is 47.1 Å². The Hall–Kier alpha value is -1.81. The minimum absolute atomic E-state index is 0.536. The van der Waals surface area contributed by atoms with Gasteiger partial charge in [0.2, 0.25) is 0 Å². The molecule has 25 heavy (non-hydrogen) atoms. The third-order valence-corrected chi connectivity index (χ3v) is 5.20. The maximum absolute atomic E-state index is 5.63. The first-order chi connectivity index (χ1) is 12.2. The molecular weight excluding hydrogens is 308 g/mol. The number of nitrogens with zero attached hydrogens (tertiary/aromatic N) is 3. The number of anilines is 1. The predicted molar refractivity (Wildman–Crippen MR) is 105 cm³/mol. The van der Waals surface area contributed by atoms with Crippen molar-refractivity contribution in [1.29, 1.82) is 0 Å². The Morgan fingerprint density at radius 2 is 1.48 bits per heavy atom. The molecule has 136 valence electrons. The zero-order valence-electron chi connectivity index (χ0n) is 15.5. The Labute approximate surface area is 152 Å². The number of aromatic nitrogens is 2. The van der Waals surface area contributed by atoms with Crippen molar-refractivity contribution in [3.8, 4) is 5.69 Å². The minimum atomic E-state index is 0.536. The first-order valence-electron chi connectivity index (χ1n) is 9.84. The SMILES string of the molecule is Cc1cnn(-c2ccc(N3CCCCC3)cc2)c1.NC1CCCCC1. The highest BCUT2D eigenvalue weighted by Gasteiger charge is 2.10. The second kappa shape index (κ2) is 9.04. The molecule has 1 saturated carbocycles. The Balaban J connectivity index is 0.000000219. The molecule has 1 aliphatic carbocycles. The Morgan fingerprint density at radius 3 is 2.00 bits per heavy atom. The molecule has 1 aromatic carbocycles. The highest BCUT2D eigenvalue weighted by molar-refractivity contribution is 5.51. The van der Waals surface area contributed by atoms with Gasteiger partial charge in [0.15, 0.2) is 0 Å². The summed E-state index contributed by atoms with van der Waals surface area (Å²) in [5.41, 5.74) is 9.29. The normalized spacial score (nSPS) is 18.6. The fraction of sp³-hybridized carbons (Fsp3) is 0.571. The van der Waals surface area contributed by atoms with Gasteiger partial charge < -0.3 is 10.6 Å². The molecule has 1 saturated heterocycles. The summed E-state index contributed by atoms with van der Waals surface area (Å²) in [6.45, 7) is 4.45. The van der Waals surface area contributed by atoms with Crippen LogP contribution in [-0.2, 0) is 0 Å². The first-order valence-corrected chi connectivity index (χ1v) is 9.84. The zero-order chi connectivity index (χ0) is 17.5. The largest absolute Gasteiger partial charge is 0.372 e. The monoisotopic (exact) mass is 340 g/mol. The maximum atomic E-state index is 5.63. The fourth-order valence-electron chi connectivity index (χ4n) is 3.66. The molecule has 2 aromatic rings. The van der Waals surface area contributed by atoms with Crippen LogP contribution in [0.15, 0.2) is 36.7 Å². The summed E-state index contributed by atoms with van der Waals surface area (Å²) < 4.78 is 1.93. The molecule has 4 heteroatoms. The van der Waals surface area contributed by atoms with E-state index in [0.717, 1.165) is 5.69 Å². The van der Waals surface area contributed by atoms with Crippen molar-refractivity contribution in [2.24, 2.45) is 5.73 Å². The molecule has 4 rings (SSSR count). The molecule has 0 amide bonds. The van der Waals surface area contributed by atoms with E-state index in [1.807, 2.05) is 10.9 Å². The van der Waals surface area contributed by atoms with Crippen molar-refractivity contribution < 1.29 is 0 Å². The van der Waals surface area contributed by atoms with Crippen molar-refractivity contribution in [2.45, 2.75) is 64.3 Å². The summed E-state index contributed by atoms with van der Waals surface area (Å²) in [5.74, 6) is 0. The third kappa shape index (κ3) is 5.33. The van der Waals surface area contributed by atoms with Crippen LogP contribution in [0, 0.1) is 6.92 Å². The van der Waals surface area contributed by atoms with E-state index in [2.05, 4.69) is 47.4 Å². The van der Waals surface area contributed by atoms with Crippen molar-refractivity contribution >= 4 is 5.69 Å². The van der Waals surface area contributed by atoms with Crippen molar-refractivity contribution in [3.05, 3.63) is 42.2 Å². The van der Waals surface area contributed by atoms with Crippen molar-refractivity contribution in [1.82, 2.24) is 9.78 Å². The lowest BCUT2D eigenvalue weighted by Crippen LogP contribution is -2.29. The van der Waals surface area contributed by atoms with Crippen LogP contribution >= 0.6 is 0 Å². The molecule has 1 aromatic heterocycles. The third-order valence-electron chi connectivity index (χ3n) is 5.20. The van der Waals surface area contributed by atoms with Crippen LogP contribution in [0.1, 0.15) is 56.9 Å². The molecular formula is C21H32N4. The van der Waals surface area contributed by atoms with Gasteiger partial charge in [-0.25, -0.2) is 4.68 Å². The van der Waals surface area contributed by atoms with E-state index in [0.29, 0.717) is 6.04 Å². The molecule has 4 nitrogen and oxygen atoms in total.